The highest BCUT2D eigenvalue weighted by molar-refractivity contribution is 14.1. The number of nitrogens with one attached hydrogen (secondary N) is 1. The Hall–Kier alpha value is -6.99. The molecule has 5 aliphatic rings. The Bertz CT molecular complexity index is 5330. The largest absolute Gasteiger partial charge is 0.397 e. The first-order valence-electron chi connectivity index (χ1n) is 32.9. The fourth-order valence-corrected chi connectivity index (χ4v) is 15.8. The molecule has 0 saturated carbocycles. The van der Waals surface area contributed by atoms with Gasteiger partial charge in [-0.3, -0.25) is 20.2 Å². The number of aliphatic hydroxyl groups is 1. The van der Waals surface area contributed by atoms with Crippen molar-refractivity contribution in [3.63, 3.8) is 0 Å². The lowest BCUT2D eigenvalue weighted by Gasteiger charge is -2.18. The molecule has 7 nitrogen and oxygen atoms in total. The quantitative estimate of drug-likeness (QED) is 0.0688. The van der Waals surface area contributed by atoms with Crippen LogP contribution in [0.5, 0.6) is 0 Å². The van der Waals surface area contributed by atoms with Crippen LogP contribution < -0.4 is 11.3 Å². The third-order valence-corrected chi connectivity index (χ3v) is 21.9. The fraction of sp³-hybridized carbons (Fsp3) is 0.105. The van der Waals surface area contributed by atoms with E-state index in [0.717, 1.165) is 52.3 Å². The van der Waals surface area contributed by atoms with Gasteiger partial charge in [-0.05, 0) is 224 Å². The molecule has 0 spiro atoms. The molecule has 13 aromatic rings. The van der Waals surface area contributed by atoms with Crippen LogP contribution in [-0.4, -0.2) is 33.6 Å². The molecule has 103 heavy (non-hydrogen) atoms. The number of hydrazine groups is 1. The van der Waals surface area contributed by atoms with Crippen LogP contribution in [0.4, 0.5) is 5.69 Å². The second-order valence-corrected chi connectivity index (χ2v) is 30.4. The molecule has 0 radical (unpaired) electrons. The van der Waals surface area contributed by atoms with Gasteiger partial charge in [0.15, 0.2) is 5.78 Å². The van der Waals surface area contributed by atoms with E-state index in [1.165, 1.54) is 124 Å². The predicted molar refractivity (Wildman–Crippen MR) is 458 cm³/mol. The summed E-state index contributed by atoms with van der Waals surface area (Å²) in [6.07, 6.45) is 7.35. The number of rotatable bonds is 2. The zero-order valence-electron chi connectivity index (χ0n) is 55.5. The number of nitrogens with zero attached hydrogens (tertiary/aromatic N) is 1. The average molecular weight is 1830 g/mol. The second-order valence-electron chi connectivity index (χ2n) is 24.0. The summed E-state index contributed by atoms with van der Waals surface area (Å²) in [6.45, 7) is 1.93. The van der Waals surface area contributed by atoms with Crippen molar-refractivity contribution in [1.82, 2.24) is 4.57 Å². The number of aromatic nitrogens is 1. The minimum Gasteiger partial charge on any atom is -0.397 e. The third-order valence-electron chi connectivity index (χ3n) is 17.6. The van der Waals surface area contributed by atoms with Crippen molar-refractivity contribution in [2.75, 3.05) is 12.0 Å². The van der Waals surface area contributed by atoms with Gasteiger partial charge in [0.2, 0.25) is 11.6 Å². The standard InChI is InChI=1S/C22H14BrN.C17H13Br.C17H11Br.C10H10O.C6H7BrN2.C6Cl4O2.C6H5I.C2H6O.ClH/c23-16-11-13-19-20-12-10-15-6-4-5-9-18(15)22(20)24(21(19)14-16)17-7-2-1-3-8-17;2*18-13-6-8-15-12(9-13)10-17-14-4-2-1-3-11(14)5-7-16(15)17;11-10-7-3-5-8-4-1-2-6-9(8)10;7-5-2-1-3-6(4-5)9-8;7-1-2(8)6(12)4(10)3(9)5(1)11;7-6-4-2-1-3-5-6;1-2-3;/h1-14H;1-4,6,8-9H,5,7,10H2;1-9H,10H2;1-2,4,6H,3,5,7H2;1-4,9H,8H2;;1-5H;3H,2H2,1H3;1H. The molecule has 0 aliphatic heterocycles. The molecule has 4 N–H and O–H groups in total. The normalized spacial score (nSPS) is 13.3. The van der Waals surface area contributed by atoms with E-state index >= 15 is 0 Å². The van der Waals surface area contributed by atoms with Crippen LogP contribution in [0.2, 0.25) is 0 Å². The molecule has 0 atom stereocenters. The van der Waals surface area contributed by atoms with Gasteiger partial charge in [-0.15, -0.1) is 12.4 Å². The molecular weight excluding hydrogens is 1760 g/mol. The number of allylic oxidation sites excluding steroid dienone is 6. The monoisotopic (exact) mass is 1820 g/mol. The van der Waals surface area contributed by atoms with Crippen LogP contribution in [0.3, 0.4) is 0 Å². The number of carbonyl (C=O) groups is 3. The number of halogens is 10. The Morgan fingerprint density at radius 3 is 1.52 bits per heavy atom. The number of hydrogen-bond acceptors (Lipinski definition) is 6. The maximum absolute atomic E-state index is 11.3. The second kappa shape index (κ2) is 37.3. The number of nitrogen functional groups attached to an aromatic ring is 1. The number of Topliss-reactive ketones (excluding diaryl/α,β-unsaturated/α-hetero) is 3. The number of nitrogens with two attached hydrogens (primary N) is 1. The van der Waals surface area contributed by atoms with Crippen molar-refractivity contribution in [2.45, 2.75) is 51.9 Å². The highest BCUT2D eigenvalue weighted by Crippen LogP contribution is 2.46. The fourth-order valence-electron chi connectivity index (χ4n) is 13.0. The number of fused-ring (bicyclic) bond motifs is 15. The molecule has 0 bridgehead atoms. The van der Waals surface area contributed by atoms with Gasteiger partial charge >= 0.3 is 0 Å². The van der Waals surface area contributed by atoms with Crippen molar-refractivity contribution in [1.29, 1.82) is 0 Å². The summed E-state index contributed by atoms with van der Waals surface area (Å²) in [4.78, 5) is 33.3. The molecule has 0 fully saturated rings. The first kappa shape index (κ1) is 78.6. The lowest BCUT2D eigenvalue weighted by Crippen LogP contribution is -2.14. The zero-order valence-corrected chi connectivity index (χ0v) is 67.8. The van der Waals surface area contributed by atoms with Crippen molar-refractivity contribution < 1.29 is 19.5 Å². The van der Waals surface area contributed by atoms with Crippen LogP contribution >= 0.6 is 145 Å². The van der Waals surface area contributed by atoms with E-state index < -0.39 is 31.7 Å². The van der Waals surface area contributed by atoms with Gasteiger partial charge in [-0.25, -0.2) is 0 Å². The number of anilines is 1. The first-order chi connectivity index (χ1) is 49.5. The molecule has 0 unspecified atom stereocenters. The average Bonchev–Trinajstić information content (AvgIpc) is 1.62. The van der Waals surface area contributed by atoms with Crippen molar-refractivity contribution in [3.8, 4) is 16.8 Å². The van der Waals surface area contributed by atoms with E-state index in [1.807, 2.05) is 66.7 Å². The molecule has 17 heteroatoms. The number of para-hydroxylation sites is 1. The smallest absolute Gasteiger partial charge is 0.219 e. The van der Waals surface area contributed by atoms with Crippen LogP contribution in [0, 0.1) is 3.57 Å². The molecule has 0 amide bonds. The number of carbonyl (C=O) groups excluding carboxylic acids is 3. The van der Waals surface area contributed by atoms with Gasteiger partial charge in [-0.1, -0.05) is 292 Å². The van der Waals surface area contributed by atoms with Gasteiger partial charge in [0.05, 0.1) is 11.0 Å². The summed E-state index contributed by atoms with van der Waals surface area (Å²) in [5.41, 5.74) is 24.1. The highest BCUT2D eigenvalue weighted by atomic mass is 127. The highest BCUT2D eigenvalue weighted by Gasteiger charge is 2.32. The maximum atomic E-state index is 11.3. The molecule has 1 aromatic heterocycles. The minimum atomic E-state index is -0.729. The first-order valence-corrected chi connectivity index (χ1v) is 38.6. The molecule has 0 saturated heterocycles. The van der Waals surface area contributed by atoms with E-state index in [-0.39, 0.29) is 19.0 Å². The molecule has 520 valence electrons. The van der Waals surface area contributed by atoms with Crippen molar-refractivity contribution in [3.05, 3.63) is 347 Å². The molecule has 12 aromatic carbocycles. The molecule has 18 rings (SSSR count). The number of benzene rings is 12. The summed E-state index contributed by atoms with van der Waals surface area (Å²) >= 11 is 37.8. The van der Waals surface area contributed by atoms with Crippen LogP contribution in [0.1, 0.15) is 75.5 Å². The van der Waals surface area contributed by atoms with E-state index in [9.17, 15) is 14.4 Å². The van der Waals surface area contributed by atoms with Gasteiger partial charge < -0.3 is 15.1 Å². The summed E-state index contributed by atoms with van der Waals surface area (Å²) in [5.74, 6) is 4.00. The Morgan fingerprint density at radius 2 is 0.922 bits per heavy atom. The lowest BCUT2D eigenvalue weighted by molar-refractivity contribution is -0.114. The molecule has 1 heterocycles. The van der Waals surface area contributed by atoms with E-state index in [1.54, 1.807) is 18.1 Å². The maximum Gasteiger partial charge on any atom is 0.219 e. The van der Waals surface area contributed by atoms with Gasteiger partial charge in [0.1, 0.15) is 20.1 Å². The Kier molecular flexibility index (Phi) is 28.5. The summed E-state index contributed by atoms with van der Waals surface area (Å²) in [6, 6.07) is 91.3. The Labute approximate surface area is 673 Å². The number of aryl methyl sites for hydroxylation is 2. The topological polar surface area (TPSA) is 114 Å². The number of hydrogen-bond donors (Lipinski definition) is 3. The predicted octanol–water partition coefficient (Wildman–Crippen LogP) is 25.9. The van der Waals surface area contributed by atoms with Crippen molar-refractivity contribution in [2.24, 2.45) is 5.84 Å². The summed E-state index contributed by atoms with van der Waals surface area (Å²) in [7, 11) is 0. The van der Waals surface area contributed by atoms with Gasteiger partial charge in [-0.2, -0.15) is 0 Å². The molecule has 5 aliphatic carbocycles. The lowest BCUT2D eigenvalue weighted by atomic mass is 9.86. The summed E-state index contributed by atoms with van der Waals surface area (Å²) < 4.78 is 8.14. The van der Waals surface area contributed by atoms with E-state index in [0.29, 0.717) is 5.78 Å². The van der Waals surface area contributed by atoms with Crippen LogP contribution in [0.15, 0.2) is 299 Å². The van der Waals surface area contributed by atoms with Crippen LogP contribution in [0.25, 0.3) is 71.3 Å². The Morgan fingerprint density at radius 1 is 0.437 bits per heavy atom. The Balaban J connectivity index is 0.000000132. The van der Waals surface area contributed by atoms with Crippen LogP contribution in [-0.2, 0) is 35.3 Å². The zero-order chi connectivity index (χ0) is 72.0. The van der Waals surface area contributed by atoms with E-state index in [4.69, 9.17) is 57.4 Å². The molecular formula is C86H67Br4Cl5IN3O4. The third kappa shape index (κ3) is 18.8. The number of ketones is 3. The minimum absolute atomic E-state index is 0. The number of aliphatic hydroxyl groups excluding tert-OH is 1. The van der Waals surface area contributed by atoms with Crippen molar-refractivity contribution >= 4 is 223 Å². The van der Waals surface area contributed by atoms with E-state index in [2.05, 4.69) is 290 Å². The van der Waals surface area contributed by atoms with Gasteiger partial charge in [0, 0.05) is 67.6 Å². The SMILES string of the molecule is Brc1ccc2c(c1)CC1=C2CCc2ccccc21.Brc1ccc2c(c1)Cc1c-2ccc2ccccc12.Brc1ccc2c3ccc4ccccc4c3n(-c3ccccc3)c2c1.CCO.Cl.Ic1ccccc1.NNc1cccc(Br)c1.O=C1C(Cl)=C(Cl)C(=O)C(Cl)=C1Cl.O=C1CCCc2ccccc21. The van der Waals surface area contributed by atoms with Gasteiger partial charge in [0.25, 0.3) is 0 Å². The summed E-state index contributed by atoms with van der Waals surface area (Å²) in [5, 5.41) is 13.8.